The molecule has 2 aromatic rings. The maximum atomic E-state index is 10.9. The predicted octanol–water partition coefficient (Wildman–Crippen LogP) is 3.51. The van der Waals surface area contributed by atoms with E-state index in [0.717, 1.165) is 17.5 Å². The number of aliphatic hydroxyl groups is 1. The Balaban J connectivity index is 1.88. The number of nitrogens with zero attached hydrogens (tertiary/aromatic N) is 2. The standard InChI is InChI=1S/C16H22N2O/c1-16(19,10-13-6-3-2-4-7-13)14-8-5-9-18-12-17-11-15(14)18/h5,8-9,11-13,19H,2-4,6-7,10H2,1H3. The summed E-state index contributed by atoms with van der Waals surface area (Å²) in [5.41, 5.74) is 1.26. The first-order chi connectivity index (χ1) is 9.17. The first-order valence-electron chi connectivity index (χ1n) is 7.30. The summed E-state index contributed by atoms with van der Waals surface area (Å²) in [6.45, 7) is 1.95. The summed E-state index contributed by atoms with van der Waals surface area (Å²) in [7, 11) is 0. The van der Waals surface area contributed by atoms with Crippen LogP contribution in [-0.4, -0.2) is 14.5 Å². The van der Waals surface area contributed by atoms with Gasteiger partial charge in [0.25, 0.3) is 0 Å². The molecule has 1 unspecified atom stereocenters. The van der Waals surface area contributed by atoms with Crippen LogP contribution in [0.5, 0.6) is 0 Å². The number of rotatable bonds is 3. The van der Waals surface area contributed by atoms with Gasteiger partial charge in [0.2, 0.25) is 0 Å². The molecule has 19 heavy (non-hydrogen) atoms. The highest BCUT2D eigenvalue weighted by Crippen LogP contribution is 2.36. The molecule has 3 nitrogen and oxygen atoms in total. The highest BCUT2D eigenvalue weighted by Gasteiger charge is 2.30. The van der Waals surface area contributed by atoms with Crippen molar-refractivity contribution in [2.24, 2.45) is 5.92 Å². The third-order valence-corrected chi connectivity index (χ3v) is 4.44. The summed E-state index contributed by atoms with van der Waals surface area (Å²) in [6.07, 6.45) is 13.0. The van der Waals surface area contributed by atoms with E-state index in [2.05, 4.69) is 4.98 Å². The lowest BCUT2D eigenvalue weighted by molar-refractivity contribution is 0.0249. The Morgan fingerprint density at radius 1 is 1.37 bits per heavy atom. The molecule has 0 aromatic carbocycles. The topological polar surface area (TPSA) is 37.5 Å². The SMILES string of the molecule is CC(O)(CC1CCCCC1)c1cccn2cncc12. The second kappa shape index (κ2) is 4.97. The molecule has 1 aliphatic rings. The van der Waals surface area contributed by atoms with Gasteiger partial charge in [0.15, 0.2) is 0 Å². The van der Waals surface area contributed by atoms with Gasteiger partial charge in [-0.15, -0.1) is 0 Å². The molecule has 102 valence electrons. The molecule has 1 atom stereocenters. The van der Waals surface area contributed by atoms with Gasteiger partial charge in [-0.2, -0.15) is 0 Å². The van der Waals surface area contributed by atoms with Crippen molar-refractivity contribution in [1.29, 1.82) is 0 Å². The smallest absolute Gasteiger partial charge is 0.0992 e. The molecule has 1 N–H and O–H groups in total. The summed E-state index contributed by atoms with van der Waals surface area (Å²) < 4.78 is 1.98. The molecule has 0 spiro atoms. The van der Waals surface area contributed by atoms with Crippen molar-refractivity contribution in [3.05, 3.63) is 36.4 Å². The Bertz CT molecular complexity index is 553. The monoisotopic (exact) mass is 258 g/mol. The van der Waals surface area contributed by atoms with Gasteiger partial charge in [-0.1, -0.05) is 38.2 Å². The summed E-state index contributed by atoms with van der Waals surface area (Å²) >= 11 is 0. The van der Waals surface area contributed by atoms with Crippen molar-refractivity contribution in [2.75, 3.05) is 0 Å². The molecule has 0 saturated heterocycles. The van der Waals surface area contributed by atoms with E-state index in [4.69, 9.17) is 0 Å². The fraction of sp³-hybridized carbons (Fsp3) is 0.562. The zero-order chi connectivity index (χ0) is 13.3. The van der Waals surface area contributed by atoms with Crippen LogP contribution in [0.2, 0.25) is 0 Å². The zero-order valence-corrected chi connectivity index (χ0v) is 11.5. The van der Waals surface area contributed by atoms with Gasteiger partial charge in [0, 0.05) is 11.8 Å². The van der Waals surface area contributed by atoms with Crippen LogP contribution >= 0.6 is 0 Å². The van der Waals surface area contributed by atoms with Gasteiger partial charge in [0.1, 0.15) is 0 Å². The number of hydrogen-bond donors (Lipinski definition) is 1. The lowest BCUT2D eigenvalue weighted by atomic mass is 9.79. The Hall–Kier alpha value is -1.35. The fourth-order valence-corrected chi connectivity index (χ4v) is 3.47. The second-order valence-corrected chi connectivity index (χ2v) is 6.09. The van der Waals surface area contributed by atoms with E-state index < -0.39 is 5.60 Å². The molecule has 3 rings (SSSR count). The van der Waals surface area contributed by atoms with Crippen molar-refractivity contribution in [3.63, 3.8) is 0 Å². The van der Waals surface area contributed by atoms with Crippen LogP contribution in [0.25, 0.3) is 5.52 Å². The number of imidazole rings is 1. The van der Waals surface area contributed by atoms with Gasteiger partial charge in [-0.3, -0.25) is 0 Å². The van der Waals surface area contributed by atoms with Crippen LogP contribution in [0.4, 0.5) is 0 Å². The molecule has 0 amide bonds. The molecule has 3 heteroatoms. The molecular weight excluding hydrogens is 236 g/mol. The number of aromatic nitrogens is 2. The molecule has 2 aromatic heterocycles. The van der Waals surface area contributed by atoms with Crippen LogP contribution in [0.15, 0.2) is 30.9 Å². The molecule has 1 saturated carbocycles. The van der Waals surface area contributed by atoms with Crippen molar-refractivity contribution in [3.8, 4) is 0 Å². The summed E-state index contributed by atoms with van der Waals surface area (Å²) in [6, 6.07) is 4.01. The average molecular weight is 258 g/mol. The predicted molar refractivity (Wildman–Crippen MR) is 76.0 cm³/mol. The molecule has 1 aliphatic carbocycles. The maximum absolute atomic E-state index is 10.9. The van der Waals surface area contributed by atoms with E-state index in [-0.39, 0.29) is 0 Å². The second-order valence-electron chi connectivity index (χ2n) is 6.09. The van der Waals surface area contributed by atoms with Gasteiger partial charge in [0.05, 0.1) is 23.6 Å². The van der Waals surface area contributed by atoms with E-state index in [0.29, 0.717) is 5.92 Å². The minimum Gasteiger partial charge on any atom is -0.385 e. The van der Waals surface area contributed by atoms with E-state index in [9.17, 15) is 5.11 Å². The van der Waals surface area contributed by atoms with Crippen LogP contribution < -0.4 is 0 Å². The Morgan fingerprint density at radius 3 is 2.95 bits per heavy atom. The van der Waals surface area contributed by atoms with Crippen molar-refractivity contribution >= 4 is 5.52 Å². The van der Waals surface area contributed by atoms with Gasteiger partial charge < -0.3 is 9.51 Å². The molecule has 1 fully saturated rings. The minimum atomic E-state index is -0.759. The summed E-state index contributed by atoms with van der Waals surface area (Å²) in [5, 5.41) is 10.9. The molecule has 0 radical (unpaired) electrons. The molecule has 0 bridgehead atoms. The van der Waals surface area contributed by atoms with Crippen LogP contribution in [0.3, 0.4) is 0 Å². The summed E-state index contributed by atoms with van der Waals surface area (Å²) in [5.74, 6) is 0.659. The molecule has 2 heterocycles. The van der Waals surface area contributed by atoms with Crippen LogP contribution in [0.1, 0.15) is 51.0 Å². The van der Waals surface area contributed by atoms with Crippen LogP contribution in [0, 0.1) is 5.92 Å². The third-order valence-electron chi connectivity index (χ3n) is 4.44. The van der Waals surface area contributed by atoms with Crippen LogP contribution in [-0.2, 0) is 5.60 Å². The Labute approximate surface area is 114 Å². The Morgan fingerprint density at radius 2 is 2.16 bits per heavy atom. The van der Waals surface area contributed by atoms with Gasteiger partial charge in [-0.05, 0) is 25.3 Å². The zero-order valence-electron chi connectivity index (χ0n) is 11.5. The quantitative estimate of drug-likeness (QED) is 0.914. The van der Waals surface area contributed by atoms with E-state index in [1.165, 1.54) is 32.1 Å². The highest BCUT2D eigenvalue weighted by atomic mass is 16.3. The lowest BCUT2D eigenvalue weighted by Crippen LogP contribution is -2.26. The maximum Gasteiger partial charge on any atom is 0.0992 e. The minimum absolute atomic E-state index is 0.659. The normalized spacial score (nSPS) is 20.5. The first kappa shape index (κ1) is 12.7. The van der Waals surface area contributed by atoms with Crippen molar-refractivity contribution < 1.29 is 5.11 Å². The van der Waals surface area contributed by atoms with Gasteiger partial charge in [-0.25, -0.2) is 4.98 Å². The van der Waals surface area contributed by atoms with Crippen molar-refractivity contribution in [1.82, 2.24) is 9.38 Å². The third kappa shape index (κ3) is 2.52. The van der Waals surface area contributed by atoms with Crippen molar-refractivity contribution in [2.45, 2.75) is 51.0 Å². The lowest BCUT2D eigenvalue weighted by Gasteiger charge is -2.31. The molecular formula is C16H22N2O. The largest absolute Gasteiger partial charge is 0.385 e. The average Bonchev–Trinajstić information content (AvgIpc) is 2.87. The number of hydrogen-bond acceptors (Lipinski definition) is 2. The highest BCUT2D eigenvalue weighted by molar-refractivity contribution is 5.55. The van der Waals surface area contributed by atoms with Gasteiger partial charge >= 0.3 is 0 Å². The Kier molecular flexibility index (Phi) is 3.31. The van der Waals surface area contributed by atoms with E-state index >= 15 is 0 Å². The number of fused-ring (bicyclic) bond motifs is 1. The summed E-state index contributed by atoms with van der Waals surface area (Å²) in [4.78, 5) is 4.17. The number of pyridine rings is 1. The molecule has 0 aliphatic heterocycles. The van der Waals surface area contributed by atoms with E-state index in [1.807, 2.05) is 35.9 Å². The first-order valence-corrected chi connectivity index (χ1v) is 7.30. The fourth-order valence-electron chi connectivity index (χ4n) is 3.47. The van der Waals surface area contributed by atoms with E-state index in [1.54, 1.807) is 6.33 Å².